The molecule has 0 atom stereocenters. The Labute approximate surface area is 108 Å². The van der Waals surface area contributed by atoms with Crippen molar-refractivity contribution in [3.8, 4) is 6.07 Å². The van der Waals surface area contributed by atoms with Gasteiger partial charge in [-0.1, -0.05) is 0 Å². The first-order valence-electron chi connectivity index (χ1n) is 5.20. The van der Waals surface area contributed by atoms with Crippen LogP contribution in [0, 0.1) is 11.3 Å². The number of imidazole rings is 1. The lowest BCUT2D eigenvalue weighted by molar-refractivity contribution is 0.977. The number of halogens is 1. The van der Waals surface area contributed by atoms with Crippen LogP contribution in [0.4, 0.5) is 5.69 Å². The van der Waals surface area contributed by atoms with Gasteiger partial charge in [0, 0.05) is 35.0 Å². The van der Waals surface area contributed by atoms with Gasteiger partial charge < -0.3 is 10.3 Å². The van der Waals surface area contributed by atoms with E-state index in [-0.39, 0.29) is 0 Å². The van der Waals surface area contributed by atoms with E-state index in [1.807, 2.05) is 18.3 Å². The summed E-state index contributed by atoms with van der Waals surface area (Å²) in [7, 11) is 0. The van der Waals surface area contributed by atoms with E-state index < -0.39 is 0 Å². The van der Waals surface area contributed by atoms with Crippen LogP contribution in [0.3, 0.4) is 0 Å². The lowest BCUT2D eigenvalue weighted by atomic mass is 10.2. The van der Waals surface area contributed by atoms with Crippen molar-refractivity contribution in [2.24, 2.45) is 0 Å². The van der Waals surface area contributed by atoms with Crippen molar-refractivity contribution in [1.82, 2.24) is 9.97 Å². The molecule has 0 aliphatic heterocycles. The van der Waals surface area contributed by atoms with E-state index >= 15 is 0 Å². The summed E-state index contributed by atoms with van der Waals surface area (Å²) >= 11 is 3.36. The van der Waals surface area contributed by atoms with Gasteiger partial charge in [0.25, 0.3) is 0 Å². The summed E-state index contributed by atoms with van der Waals surface area (Å²) in [6.07, 6.45) is 4.38. The number of hydrogen-bond donors (Lipinski definition) is 2. The van der Waals surface area contributed by atoms with Crippen LogP contribution in [-0.2, 0) is 6.42 Å². The third-order valence-corrected chi connectivity index (χ3v) is 3.02. The van der Waals surface area contributed by atoms with Gasteiger partial charge in [0.05, 0.1) is 11.9 Å². The first kappa shape index (κ1) is 11.7. The highest BCUT2D eigenvalue weighted by Crippen LogP contribution is 2.20. The van der Waals surface area contributed by atoms with Gasteiger partial charge in [-0.05, 0) is 34.1 Å². The molecule has 0 saturated heterocycles. The second-order valence-electron chi connectivity index (χ2n) is 3.56. The molecule has 1 aromatic heterocycles. The van der Waals surface area contributed by atoms with E-state index in [0.717, 1.165) is 28.8 Å². The highest BCUT2D eigenvalue weighted by atomic mass is 79.9. The Bertz CT molecular complexity index is 528. The summed E-state index contributed by atoms with van der Waals surface area (Å²) in [4.78, 5) is 7.01. The summed E-state index contributed by atoms with van der Waals surface area (Å²) in [5, 5.41) is 12.1. The molecule has 1 aromatic carbocycles. The standard InChI is InChI=1S/C12H11BrN4/c13-12-5-10(2-1-9(12)6-14)16-4-3-11-7-15-8-17-11/h1-2,5,7-8,16H,3-4H2,(H,15,17). The molecule has 5 heteroatoms. The molecule has 2 rings (SSSR count). The van der Waals surface area contributed by atoms with Gasteiger partial charge in [-0.15, -0.1) is 0 Å². The van der Waals surface area contributed by atoms with E-state index in [4.69, 9.17) is 5.26 Å². The van der Waals surface area contributed by atoms with Crippen LogP contribution in [0.5, 0.6) is 0 Å². The predicted molar refractivity (Wildman–Crippen MR) is 69.6 cm³/mol. The van der Waals surface area contributed by atoms with Crippen LogP contribution >= 0.6 is 15.9 Å². The molecule has 1 heterocycles. The van der Waals surface area contributed by atoms with Gasteiger partial charge in [-0.2, -0.15) is 5.26 Å². The number of nitrogens with zero attached hydrogens (tertiary/aromatic N) is 2. The molecule has 0 radical (unpaired) electrons. The third-order valence-electron chi connectivity index (χ3n) is 2.37. The zero-order valence-electron chi connectivity index (χ0n) is 9.07. The van der Waals surface area contributed by atoms with Gasteiger partial charge >= 0.3 is 0 Å². The van der Waals surface area contributed by atoms with Crippen molar-refractivity contribution < 1.29 is 0 Å². The van der Waals surface area contributed by atoms with E-state index in [1.54, 1.807) is 12.4 Å². The zero-order valence-corrected chi connectivity index (χ0v) is 10.7. The summed E-state index contributed by atoms with van der Waals surface area (Å²) in [6.45, 7) is 0.820. The third kappa shape index (κ3) is 3.08. The summed E-state index contributed by atoms with van der Waals surface area (Å²) in [5.74, 6) is 0. The maximum atomic E-state index is 8.80. The van der Waals surface area contributed by atoms with E-state index in [9.17, 15) is 0 Å². The maximum Gasteiger partial charge on any atom is 0.100 e. The van der Waals surface area contributed by atoms with E-state index in [1.165, 1.54) is 0 Å². The Morgan fingerprint density at radius 2 is 2.35 bits per heavy atom. The number of benzene rings is 1. The van der Waals surface area contributed by atoms with Crippen molar-refractivity contribution in [2.75, 3.05) is 11.9 Å². The van der Waals surface area contributed by atoms with Crippen molar-refractivity contribution in [3.63, 3.8) is 0 Å². The van der Waals surface area contributed by atoms with Crippen LogP contribution < -0.4 is 5.32 Å². The Morgan fingerprint density at radius 3 is 3.00 bits per heavy atom. The minimum absolute atomic E-state index is 0.643. The molecule has 2 N–H and O–H groups in total. The summed E-state index contributed by atoms with van der Waals surface area (Å²) in [5.41, 5.74) is 2.74. The van der Waals surface area contributed by atoms with Crippen molar-refractivity contribution >= 4 is 21.6 Å². The van der Waals surface area contributed by atoms with Crippen molar-refractivity contribution in [3.05, 3.63) is 46.5 Å². The number of nitriles is 1. The number of nitrogens with one attached hydrogen (secondary N) is 2. The van der Waals surface area contributed by atoms with Crippen LogP contribution in [0.15, 0.2) is 35.2 Å². The number of anilines is 1. The van der Waals surface area contributed by atoms with E-state index in [2.05, 4.69) is 37.3 Å². The molecule has 0 fully saturated rings. The van der Waals surface area contributed by atoms with Crippen LogP contribution in [0.2, 0.25) is 0 Å². The SMILES string of the molecule is N#Cc1ccc(NCCc2cnc[nH]2)cc1Br. The van der Waals surface area contributed by atoms with Crippen LogP contribution in [-0.4, -0.2) is 16.5 Å². The smallest absolute Gasteiger partial charge is 0.100 e. The lowest BCUT2D eigenvalue weighted by Gasteiger charge is -2.06. The molecular weight excluding hydrogens is 280 g/mol. The average molecular weight is 291 g/mol. The number of H-pyrrole nitrogens is 1. The highest BCUT2D eigenvalue weighted by Gasteiger charge is 2.00. The van der Waals surface area contributed by atoms with Gasteiger partial charge in [-0.25, -0.2) is 4.98 Å². The number of aromatic nitrogens is 2. The molecule has 86 valence electrons. The van der Waals surface area contributed by atoms with Gasteiger partial charge in [0.2, 0.25) is 0 Å². The average Bonchev–Trinajstić information content (AvgIpc) is 2.82. The molecule has 0 unspecified atom stereocenters. The molecule has 17 heavy (non-hydrogen) atoms. The minimum atomic E-state index is 0.643. The number of aromatic amines is 1. The highest BCUT2D eigenvalue weighted by molar-refractivity contribution is 9.10. The monoisotopic (exact) mass is 290 g/mol. The molecule has 0 aliphatic rings. The fourth-order valence-corrected chi connectivity index (χ4v) is 1.95. The minimum Gasteiger partial charge on any atom is -0.385 e. The van der Waals surface area contributed by atoms with E-state index in [0.29, 0.717) is 5.56 Å². The molecule has 0 amide bonds. The van der Waals surface area contributed by atoms with Gasteiger partial charge in [-0.3, -0.25) is 0 Å². The fourth-order valence-electron chi connectivity index (χ4n) is 1.48. The second-order valence-corrected chi connectivity index (χ2v) is 4.41. The molecule has 0 saturated carbocycles. The number of hydrogen-bond acceptors (Lipinski definition) is 3. The maximum absolute atomic E-state index is 8.80. The van der Waals surface area contributed by atoms with Gasteiger partial charge in [0.1, 0.15) is 6.07 Å². The Morgan fingerprint density at radius 1 is 1.47 bits per heavy atom. The number of rotatable bonds is 4. The Balaban J connectivity index is 1.91. The van der Waals surface area contributed by atoms with Gasteiger partial charge in [0.15, 0.2) is 0 Å². The first-order chi connectivity index (χ1) is 8.29. The Kier molecular flexibility index (Phi) is 3.78. The molecule has 0 spiro atoms. The van der Waals surface area contributed by atoms with Crippen LogP contribution in [0.1, 0.15) is 11.3 Å². The molecule has 2 aromatic rings. The molecule has 4 nitrogen and oxygen atoms in total. The fraction of sp³-hybridized carbons (Fsp3) is 0.167. The molecular formula is C12H11BrN4. The molecule has 0 aliphatic carbocycles. The zero-order chi connectivity index (χ0) is 12.1. The summed E-state index contributed by atoms with van der Waals surface area (Å²) in [6, 6.07) is 7.71. The Hall–Kier alpha value is -1.80. The van der Waals surface area contributed by atoms with Crippen molar-refractivity contribution in [2.45, 2.75) is 6.42 Å². The normalized spacial score (nSPS) is 9.88. The van der Waals surface area contributed by atoms with Crippen molar-refractivity contribution in [1.29, 1.82) is 5.26 Å². The quantitative estimate of drug-likeness (QED) is 0.910. The lowest BCUT2D eigenvalue weighted by Crippen LogP contribution is -2.05. The molecule has 0 bridgehead atoms. The topological polar surface area (TPSA) is 64.5 Å². The summed E-state index contributed by atoms with van der Waals surface area (Å²) < 4.78 is 0.812. The van der Waals surface area contributed by atoms with Crippen LogP contribution in [0.25, 0.3) is 0 Å². The largest absolute Gasteiger partial charge is 0.385 e. The first-order valence-corrected chi connectivity index (χ1v) is 5.99. The predicted octanol–water partition coefficient (Wildman–Crippen LogP) is 2.70. The second kappa shape index (κ2) is 5.51.